The van der Waals surface area contributed by atoms with Crippen LogP contribution in [0.25, 0.3) is 0 Å². The summed E-state index contributed by atoms with van der Waals surface area (Å²) in [6.45, 7) is 6.32. The molecule has 5 heteroatoms. The second-order valence-electron chi connectivity index (χ2n) is 4.94. The van der Waals surface area contributed by atoms with Crippen molar-refractivity contribution in [2.24, 2.45) is 11.1 Å². The van der Waals surface area contributed by atoms with E-state index in [9.17, 15) is 4.79 Å². The molecule has 0 saturated carbocycles. The van der Waals surface area contributed by atoms with Gasteiger partial charge in [0.1, 0.15) is 0 Å². The van der Waals surface area contributed by atoms with E-state index in [0.717, 1.165) is 18.4 Å². The Morgan fingerprint density at radius 1 is 1.40 bits per heavy atom. The molecule has 0 aromatic heterocycles. The van der Waals surface area contributed by atoms with Crippen LogP contribution in [0.4, 0.5) is 0 Å². The van der Waals surface area contributed by atoms with Crippen molar-refractivity contribution in [3.8, 4) is 0 Å². The number of carbonyl (C=O) groups is 1. The maximum absolute atomic E-state index is 12.4. The quantitative estimate of drug-likeness (QED) is 0.840. The third-order valence-electron chi connectivity index (χ3n) is 3.92. The molecular weight excluding hydrogens is 295 g/mol. The second-order valence-corrected chi connectivity index (χ2v) is 5.38. The van der Waals surface area contributed by atoms with E-state index < -0.39 is 5.41 Å². The van der Waals surface area contributed by atoms with E-state index in [1.807, 2.05) is 45.0 Å². The minimum absolute atomic E-state index is 0. The highest BCUT2D eigenvalue weighted by Crippen LogP contribution is 2.27. The summed E-state index contributed by atoms with van der Waals surface area (Å²) in [6, 6.07) is 7.46. The predicted molar refractivity (Wildman–Crippen MR) is 87.3 cm³/mol. The van der Waals surface area contributed by atoms with Crippen LogP contribution in [-0.2, 0) is 4.79 Å². The Labute approximate surface area is 132 Å². The third kappa shape index (κ3) is 4.37. The summed E-state index contributed by atoms with van der Waals surface area (Å²) in [5.41, 5.74) is 6.32. The topological polar surface area (TPSA) is 55.1 Å². The monoisotopic (exact) mass is 318 g/mol. The number of halogens is 2. The van der Waals surface area contributed by atoms with Crippen molar-refractivity contribution in [2.45, 2.75) is 39.7 Å². The van der Waals surface area contributed by atoms with Crippen molar-refractivity contribution in [3.05, 3.63) is 34.9 Å². The summed E-state index contributed by atoms with van der Waals surface area (Å²) in [7, 11) is 0. The lowest BCUT2D eigenvalue weighted by Gasteiger charge is -2.30. The molecule has 0 saturated heterocycles. The predicted octanol–water partition coefficient (Wildman–Crippen LogP) is 3.70. The van der Waals surface area contributed by atoms with Gasteiger partial charge in [0.05, 0.1) is 11.5 Å². The third-order valence-corrected chi connectivity index (χ3v) is 4.16. The van der Waals surface area contributed by atoms with Crippen molar-refractivity contribution in [3.63, 3.8) is 0 Å². The number of carbonyl (C=O) groups excluding carboxylic acids is 1. The molecule has 0 radical (unpaired) electrons. The van der Waals surface area contributed by atoms with Gasteiger partial charge in [-0.2, -0.15) is 0 Å². The first-order valence-electron chi connectivity index (χ1n) is 6.75. The zero-order valence-electron chi connectivity index (χ0n) is 12.3. The maximum Gasteiger partial charge on any atom is 0.227 e. The lowest BCUT2D eigenvalue weighted by Crippen LogP contribution is -2.46. The summed E-state index contributed by atoms with van der Waals surface area (Å²) in [4.78, 5) is 12.4. The van der Waals surface area contributed by atoms with Crippen LogP contribution in [0.15, 0.2) is 24.3 Å². The lowest BCUT2D eigenvalue weighted by atomic mass is 9.81. The molecule has 0 aliphatic carbocycles. The molecule has 3 nitrogen and oxygen atoms in total. The van der Waals surface area contributed by atoms with Crippen molar-refractivity contribution >= 4 is 29.9 Å². The smallest absolute Gasteiger partial charge is 0.227 e. The molecule has 1 amide bonds. The summed E-state index contributed by atoms with van der Waals surface area (Å²) >= 11 is 5.96. The molecule has 0 aliphatic heterocycles. The summed E-state index contributed by atoms with van der Waals surface area (Å²) < 4.78 is 0. The Hall–Kier alpha value is -0.770. The summed E-state index contributed by atoms with van der Waals surface area (Å²) in [6.07, 6.45) is 1.49. The van der Waals surface area contributed by atoms with Gasteiger partial charge in [0.25, 0.3) is 0 Å². The van der Waals surface area contributed by atoms with E-state index in [1.54, 1.807) is 0 Å². The number of hydrogen-bond acceptors (Lipinski definition) is 2. The molecule has 0 heterocycles. The largest absolute Gasteiger partial charge is 0.349 e. The van der Waals surface area contributed by atoms with Crippen LogP contribution in [0.1, 0.15) is 45.2 Å². The average Bonchev–Trinajstić information content (AvgIpc) is 2.41. The van der Waals surface area contributed by atoms with Crippen LogP contribution in [0.5, 0.6) is 0 Å². The lowest BCUT2D eigenvalue weighted by molar-refractivity contribution is -0.131. The van der Waals surface area contributed by atoms with Gasteiger partial charge in [0.15, 0.2) is 0 Å². The van der Waals surface area contributed by atoms with Gasteiger partial charge in [0, 0.05) is 11.6 Å². The molecule has 20 heavy (non-hydrogen) atoms. The molecule has 0 spiro atoms. The van der Waals surface area contributed by atoms with E-state index in [0.29, 0.717) is 11.6 Å². The standard InChI is InChI=1S/C15H23ClN2O.ClH/c1-4-15(5-2,10-17)14(19)18-11(3)12-7-6-8-13(16)9-12;/h6-9,11H,4-5,10,17H2,1-3H3,(H,18,19);1H/t11-;/m1./s1. The van der Waals surface area contributed by atoms with Crippen molar-refractivity contribution in [1.82, 2.24) is 5.32 Å². The molecule has 1 aromatic carbocycles. The Balaban J connectivity index is 0.00000361. The fourth-order valence-electron chi connectivity index (χ4n) is 2.16. The van der Waals surface area contributed by atoms with Crippen molar-refractivity contribution in [2.75, 3.05) is 6.54 Å². The fraction of sp³-hybridized carbons (Fsp3) is 0.533. The van der Waals surface area contributed by atoms with E-state index >= 15 is 0 Å². The molecule has 1 aromatic rings. The Kier molecular flexibility index (Phi) is 8.17. The van der Waals surface area contributed by atoms with Crippen molar-refractivity contribution < 1.29 is 4.79 Å². The van der Waals surface area contributed by atoms with E-state index in [4.69, 9.17) is 17.3 Å². The highest BCUT2D eigenvalue weighted by molar-refractivity contribution is 6.30. The van der Waals surface area contributed by atoms with Crippen LogP contribution in [0, 0.1) is 5.41 Å². The van der Waals surface area contributed by atoms with Crippen LogP contribution >= 0.6 is 24.0 Å². The fourth-order valence-corrected chi connectivity index (χ4v) is 2.36. The highest BCUT2D eigenvalue weighted by Gasteiger charge is 2.33. The molecule has 1 rings (SSSR count). The molecule has 0 bridgehead atoms. The number of amides is 1. The molecule has 114 valence electrons. The average molecular weight is 319 g/mol. The van der Waals surface area contributed by atoms with Crippen LogP contribution < -0.4 is 11.1 Å². The summed E-state index contributed by atoms with van der Waals surface area (Å²) in [5.74, 6) is 0.0208. The first kappa shape index (κ1) is 19.2. The van der Waals surface area contributed by atoms with Gasteiger partial charge in [0.2, 0.25) is 5.91 Å². The Morgan fingerprint density at radius 2 is 2.00 bits per heavy atom. The summed E-state index contributed by atoms with van der Waals surface area (Å²) in [5, 5.41) is 3.72. The SMILES string of the molecule is CCC(CC)(CN)C(=O)N[C@H](C)c1cccc(Cl)c1.Cl. The van der Waals surface area contributed by atoms with E-state index in [2.05, 4.69) is 5.32 Å². The van der Waals surface area contributed by atoms with Crippen LogP contribution in [0.2, 0.25) is 5.02 Å². The van der Waals surface area contributed by atoms with Crippen LogP contribution in [0.3, 0.4) is 0 Å². The zero-order valence-corrected chi connectivity index (χ0v) is 13.9. The molecular formula is C15H24Cl2N2O. The molecule has 3 N–H and O–H groups in total. The minimum atomic E-state index is -0.465. The molecule has 0 aliphatic rings. The first-order valence-corrected chi connectivity index (χ1v) is 7.13. The van der Waals surface area contributed by atoms with Gasteiger partial charge in [-0.1, -0.05) is 37.6 Å². The Morgan fingerprint density at radius 3 is 2.45 bits per heavy atom. The normalized spacial score (nSPS) is 12.4. The number of nitrogens with one attached hydrogen (secondary N) is 1. The first-order chi connectivity index (χ1) is 8.99. The number of hydrogen-bond donors (Lipinski definition) is 2. The maximum atomic E-state index is 12.4. The second kappa shape index (κ2) is 8.50. The van der Waals surface area contributed by atoms with E-state index in [1.165, 1.54) is 0 Å². The van der Waals surface area contributed by atoms with Crippen LogP contribution in [-0.4, -0.2) is 12.5 Å². The van der Waals surface area contributed by atoms with Gasteiger partial charge in [-0.15, -0.1) is 12.4 Å². The highest BCUT2D eigenvalue weighted by atomic mass is 35.5. The van der Waals surface area contributed by atoms with Gasteiger partial charge in [-0.05, 0) is 37.5 Å². The molecule has 0 unspecified atom stereocenters. The minimum Gasteiger partial charge on any atom is -0.349 e. The molecule has 0 fully saturated rings. The van der Waals surface area contributed by atoms with Gasteiger partial charge >= 0.3 is 0 Å². The van der Waals surface area contributed by atoms with E-state index in [-0.39, 0.29) is 24.4 Å². The zero-order chi connectivity index (χ0) is 14.5. The van der Waals surface area contributed by atoms with Gasteiger partial charge in [-0.3, -0.25) is 4.79 Å². The van der Waals surface area contributed by atoms with Crippen molar-refractivity contribution in [1.29, 1.82) is 0 Å². The molecule has 1 atom stereocenters. The number of rotatable bonds is 6. The van der Waals surface area contributed by atoms with Gasteiger partial charge in [-0.25, -0.2) is 0 Å². The van der Waals surface area contributed by atoms with Gasteiger partial charge < -0.3 is 11.1 Å². The Bertz CT molecular complexity index is 425. The number of nitrogens with two attached hydrogens (primary N) is 1. The number of benzene rings is 1.